The number of hydrogen-bond donors (Lipinski definition) is 1. The fourth-order valence-corrected chi connectivity index (χ4v) is 1.52. The van der Waals surface area contributed by atoms with Crippen molar-refractivity contribution in [1.82, 2.24) is 19.1 Å². The Hall–Kier alpha value is -1.89. The van der Waals surface area contributed by atoms with Gasteiger partial charge in [-0.05, 0) is 0 Å². The van der Waals surface area contributed by atoms with Gasteiger partial charge in [0.05, 0.1) is 6.54 Å². The quantitative estimate of drug-likeness (QED) is 0.777. The molecule has 2 rings (SSSR count). The molecule has 0 aliphatic rings. The Labute approximate surface area is 99.3 Å². The fourth-order valence-electron chi connectivity index (χ4n) is 1.35. The highest BCUT2D eigenvalue weighted by atomic mass is 35.5. The fraction of sp³-hybridized carbons (Fsp3) is 0.222. The molecule has 0 bridgehead atoms. The largest absolute Gasteiger partial charge is 0.337 e. The predicted molar refractivity (Wildman–Crippen MR) is 58.6 cm³/mol. The van der Waals surface area contributed by atoms with Crippen LogP contribution in [0.5, 0.6) is 0 Å². The standard InChI is InChI=1S/C9H8ClFN4O2/c1-14-3-2-12-5(14)4-15-8(16)6(11)7(10)13-9(15)17/h2-3H,4H2,1H3,(H,13,17). The van der Waals surface area contributed by atoms with Crippen LogP contribution in [0.4, 0.5) is 4.39 Å². The highest BCUT2D eigenvalue weighted by Gasteiger charge is 2.13. The Morgan fingerprint density at radius 2 is 2.24 bits per heavy atom. The van der Waals surface area contributed by atoms with E-state index in [1.807, 2.05) is 4.98 Å². The molecule has 0 aliphatic carbocycles. The summed E-state index contributed by atoms with van der Waals surface area (Å²) in [6.45, 7) is -0.119. The average Bonchev–Trinajstić information content (AvgIpc) is 2.67. The number of aromatic amines is 1. The zero-order valence-electron chi connectivity index (χ0n) is 8.78. The lowest BCUT2D eigenvalue weighted by molar-refractivity contribution is 0.547. The van der Waals surface area contributed by atoms with E-state index in [4.69, 9.17) is 11.6 Å². The molecule has 0 aromatic carbocycles. The summed E-state index contributed by atoms with van der Waals surface area (Å²) in [7, 11) is 1.70. The topological polar surface area (TPSA) is 72.7 Å². The highest BCUT2D eigenvalue weighted by molar-refractivity contribution is 6.29. The Balaban J connectivity index is 2.55. The number of hydrogen-bond acceptors (Lipinski definition) is 3. The second-order valence-corrected chi connectivity index (χ2v) is 3.78. The molecular formula is C9H8ClFN4O2. The second-order valence-electron chi connectivity index (χ2n) is 3.40. The lowest BCUT2D eigenvalue weighted by atomic mass is 10.5. The molecule has 0 spiro atoms. The number of aromatic nitrogens is 4. The number of aryl methyl sites for hydroxylation is 1. The number of nitrogens with one attached hydrogen (secondary N) is 1. The molecule has 0 unspecified atom stereocenters. The van der Waals surface area contributed by atoms with E-state index in [1.165, 1.54) is 6.20 Å². The molecule has 2 heterocycles. The normalized spacial score (nSPS) is 10.8. The van der Waals surface area contributed by atoms with E-state index in [0.29, 0.717) is 10.4 Å². The Bertz CT molecular complexity index is 672. The third-order valence-electron chi connectivity index (χ3n) is 2.31. The van der Waals surface area contributed by atoms with Crippen molar-refractivity contribution in [2.45, 2.75) is 6.54 Å². The van der Waals surface area contributed by atoms with Crippen molar-refractivity contribution >= 4 is 11.6 Å². The Morgan fingerprint density at radius 1 is 1.53 bits per heavy atom. The van der Waals surface area contributed by atoms with Crippen molar-refractivity contribution in [1.29, 1.82) is 0 Å². The van der Waals surface area contributed by atoms with Gasteiger partial charge in [0, 0.05) is 19.4 Å². The molecule has 0 fully saturated rings. The lowest BCUT2D eigenvalue weighted by Gasteiger charge is -2.05. The van der Waals surface area contributed by atoms with E-state index in [2.05, 4.69) is 4.98 Å². The van der Waals surface area contributed by atoms with Crippen LogP contribution in [-0.2, 0) is 13.6 Å². The van der Waals surface area contributed by atoms with Gasteiger partial charge in [0.25, 0.3) is 5.56 Å². The summed E-state index contributed by atoms with van der Waals surface area (Å²) in [4.78, 5) is 28.9. The van der Waals surface area contributed by atoms with Gasteiger partial charge in [-0.1, -0.05) is 11.6 Å². The maximum absolute atomic E-state index is 13.2. The molecule has 17 heavy (non-hydrogen) atoms. The lowest BCUT2D eigenvalue weighted by Crippen LogP contribution is -2.38. The van der Waals surface area contributed by atoms with Crippen LogP contribution >= 0.6 is 11.6 Å². The van der Waals surface area contributed by atoms with Crippen LogP contribution in [0, 0.1) is 5.82 Å². The van der Waals surface area contributed by atoms with Gasteiger partial charge in [0.1, 0.15) is 5.82 Å². The van der Waals surface area contributed by atoms with E-state index in [-0.39, 0.29) is 6.54 Å². The van der Waals surface area contributed by atoms with E-state index < -0.39 is 22.2 Å². The maximum Gasteiger partial charge on any atom is 0.330 e. The zero-order valence-corrected chi connectivity index (χ0v) is 9.53. The van der Waals surface area contributed by atoms with Crippen molar-refractivity contribution < 1.29 is 4.39 Å². The van der Waals surface area contributed by atoms with Crippen LogP contribution < -0.4 is 11.2 Å². The van der Waals surface area contributed by atoms with Crippen LogP contribution in [0.15, 0.2) is 22.0 Å². The van der Waals surface area contributed by atoms with Gasteiger partial charge >= 0.3 is 5.69 Å². The van der Waals surface area contributed by atoms with E-state index in [1.54, 1.807) is 17.8 Å². The van der Waals surface area contributed by atoms with Gasteiger partial charge in [-0.15, -0.1) is 0 Å². The zero-order chi connectivity index (χ0) is 12.6. The number of nitrogens with zero attached hydrogens (tertiary/aromatic N) is 3. The molecule has 8 heteroatoms. The molecular weight excluding hydrogens is 251 g/mol. The highest BCUT2D eigenvalue weighted by Crippen LogP contribution is 2.03. The Morgan fingerprint density at radius 3 is 2.82 bits per heavy atom. The minimum absolute atomic E-state index is 0.119. The maximum atomic E-state index is 13.2. The Kier molecular flexibility index (Phi) is 2.84. The van der Waals surface area contributed by atoms with Crippen LogP contribution in [-0.4, -0.2) is 19.1 Å². The summed E-state index contributed by atoms with van der Waals surface area (Å²) in [6.07, 6.45) is 3.17. The van der Waals surface area contributed by atoms with Crippen LogP contribution in [0.2, 0.25) is 5.15 Å². The van der Waals surface area contributed by atoms with Crippen molar-refractivity contribution in [2.75, 3.05) is 0 Å². The molecule has 1 N–H and O–H groups in total. The molecule has 0 radical (unpaired) electrons. The summed E-state index contributed by atoms with van der Waals surface area (Å²) in [5.41, 5.74) is -1.84. The van der Waals surface area contributed by atoms with Gasteiger partial charge in [-0.25, -0.2) is 9.78 Å². The monoisotopic (exact) mass is 258 g/mol. The summed E-state index contributed by atoms with van der Waals surface area (Å²) in [5.74, 6) is -0.722. The third-order valence-corrected chi connectivity index (χ3v) is 2.57. The molecule has 0 saturated carbocycles. The van der Waals surface area contributed by atoms with Crippen LogP contribution in [0.25, 0.3) is 0 Å². The molecule has 90 valence electrons. The van der Waals surface area contributed by atoms with Crippen molar-refractivity contribution in [3.05, 3.63) is 50.0 Å². The van der Waals surface area contributed by atoms with Gasteiger partial charge in [-0.2, -0.15) is 4.39 Å². The first-order valence-electron chi connectivity index (χ1n) is 4.65. The van der Waals surface area contributed by atoms with Crippen molar-refractivity contribution in [2.24, 2.45) is 7.05 Å². The molecule has 0 amide bonds. The van der Waals surface area contributed by atoms with E-state index in [9.17, 15) is 14.0 Å². The average molecular weight is 259 g/mol. The second kappa shape index (κ2) is 4.17. The SMILES string of the molecule is Cn1ccnc1Cn1c(=O)[nH]c(Cl)c(F)c1=O. The van der Waals surface area contributed by atoms with Crippen LogP contribution in [0.1, 0.15) is 5.82 Å². The summed E-state index contributed by atoms with van der Waals surface area (Å²) >= 11 is 5.34. The minimum Gasteiger partial charge on any atom is -0.337 e. The van der Waals surface area contributed by atoms with Gasteiger partial charge in [0.15, 0.2) is 5.15 Å². The number of halogens is 2. The number of H-pyrrole nitrogens is 1. The molecule has 2 aromatic heterocycles. The first-order chi connectivity index (χ1) is 8.00. The summed E-state index contributed by atoms with van der Waals surface area (Å²) < 4.78 is 15.6. The summed E-state index contributed by atoms with van der Waals surface area (Å²) in [5, 5.41) is -0.587. The van der Waals surface area contributed by atoms with Crippen molar-refractivity contribution in [3.8, 4) is 0 Å². The molecule has 0 atom stereocenters. The van der Waals surface area contributed by atoms with Gasteiger partial charge in [-0.3, -0.25) is 14.3 Å². The first kappa shape index (κ1) is 11.6. The smallest absolute Gasteiger partial charge is 0.330 e. The van der Waals surface area contributed by atoms with Gasteiger partial charge in [0.2, 0.25) is 5.82 Å². The predicted octanol–water partition coefficient (Wildman–Crippen LogP) is 0.111. The molecule has 0 saturated heterocycles. The van der Waals surface area contributed by atoms with Gasteiger partial charge < -0.3 is 4.57 Å². The number of imidazole rings is 1. The summed E-state index contributed by atoms with van der Waals surface area (Å²) in [6, 6.07) is 0. The first-order valence-corrected chi connectivity index (χ1v) is 5.03. The van der Waals surface area contributed by atoms with E-state index in [0.717, 1.165) is 0 Å². The van der Waals surface area contributed by atoms with E-state index >= 15 is 0 Å². The minimum atomic E-state index is -1.18. The van der Waals surface area contributed by atoms with Crippen molar-refractivity contribution in [3.63, 3.8) is 0 Å². The van der Waals surface area contributed by atoms with Crippen LogP contribution in [0.3, 0.4) is 0 Å². The molecule has 6 nitrogen and oxygen atoms in total. The third kappa shape index (κ3) is 2.01. The number of rotatable bonds is 2. The molecule has 2 aromatic rings. The molecule has 0 aliphatic heterocycles.